The molecule has 0 aliphatic carbocycles. The van der Waals surface area contributed by atoms with Crippen LogP contribution in [0.25, 0.3) is 0 Å². The Hall–Kier alpha value is -4.15. The first kappa shape index (κ1) is 21.1. The minimum absolute atomic E-state index is 0.0932. The zero-order chi connectivity index (χ0) is 22.8. The van der Waals surface area contributed by atoms with Gasteiger partial charge in [0, 0.05) is 5.69 Å². The first-order chi connectivity index (χ1) is 15.4. The van der Waals surface area contributed by atoms with Crippen molar-refractivity contribution in [3.05, 3.63) is 59.9 Å². The van der Waals surface area contributed by atoms with Crippen molar-refractivity contribution in [3.8, 4) is 0 Å². The maximum absolute atomic E-state index is 13.5. The van der Waals surface area contributed by atoms with Crippen LogP contribution < -0.4 is 10.2 Å². The molecule has 1 fully saturated rings. The molecular weight excluding hydrogens is 421 g/mol. The maximum Gasteiger partial charge on any atom is 0.338 e. The van der Waals surface area contributed by atoms with Crippen molar-refractivity contribution in [1.29, 1.82) is 0 Å². The molecule has 2 atom stereocenters. The lowest BCUT2D eigenvalue weighted by Crippen LogP contribution is -2.43. The standard InChI is InChI=1S/C21H18FN5O5/c1-2-32-21(31)12-6-8-14(9-7-12)23-16(28)11-26-18-17(24-25-26)19(29)27(20(18)30)15-5-3-4-13(22)10-15/h3-10,17-18H,2,11H2,1H3,(H,23,28)/t17-,18-/m1/s1. The summed E-state index contributed by atoms with van der Waals surface area (Å²) in [6.45, 7) is 1.62. The molecule has 0 aromatic heterocycles. The largest absolute Gasteiger partial charge is 0.462 e. The molecule has 1 saturated heterocycles. The molecule has 4 rings (SSSR count). The van der Waals surface area contributed by atoms with Gasteiger partial charge in [0.25, 0.3) is 11.8 Å². The van der Waals surface area contributed by atoms with Crippen molar-refractivity contribution in [2.75, 3.05) is 23.4 Å². The van der Waals surface area contributed by atoms with Gasteiger partial charge in [0.2, 0.25) is 5.91 Å². The van der Waals surface area contributed by atoms with E-state index in [9.17, 15) is 23.6 Å². The van der Waals surface area contributed by atoms with Gasteiger partial charge in [-0.1, -0.05) is 11.3 Å². The van der Waals surface area contributed by atoms with E-state index in [1.807, 2.05) is 0 Å². The van der Waals surface area contributed by atoms with Crippen LogP contribution in [0.2, 0.25) is 0 Å². The van der Waals surface area contributed by atoms with Crippen LogP contribution in [0.5, 0.6) is 0 Å². The Morgan fingerprint density at radius 1 is 1.12 bits per heavy atom. The van der Waals surface area contributed by atoms with Gasteiger partial charge in [-0.15, -0.1) is 0 Å². The molecule has 0 radical (unpaired) electrons. The van der Waals surface area contributed by atoms with E-state index < -0.39 is 41.6 Å². The lowest BCUT2D eigenvalue weighted by atomic mass is 10.1. The summed E-state index contributed by atoms with van der Waals surface area (Å²) in [5.74, 6) is -2.83. The minimum atomic E-state index is -1.09. The number of imide groups is 1. The predicted molar refractivity (Wildman–Crippen MR) is 109 cm³/mol. The first-order valence-electron chi connectivity index (χ1n) is 9.77. The lowest BCUT2D eigenvalue weighted by Gasteiger charge is -2.20. The topological polar surface area (TPSA) is 121 Å². The second kappa shape index (κ2) is 8.53. The van der Waals surface area contributed by atoms with Crippen LogP contribution in [-0.2, 0) is 19.1 Å². The second-order valence-electron chi connectivity index (χ2n) is 7.03. The van der Waals surface area contributed by atoms with Gasteiger partial charge in [0.1, 0.15) is 12.4 Å². The Labute approximate surface area is 181 Å². The van der Waals surface area contributed by atoms with Gasteiger partial charge in [-0.05, 0) is 49.4 Å². The summed E-state index contributed by atoms with van der Waals surface area (Å²) >= 11 is 0. The van der Waals surface area contributed by atoms with Crippen LogP contribution in [-0.4, -0.2) is 53.9 Å². The lowest BCUT2D eigenvalue weighted by molar-refractivity contribution is -0.123. The van der Waals surface area contributed by atoms with Gasteiger partial charge in [0.05, 0.1) is 17.9 Å². The average Bonchev–Trinajstić information content (AvgIpc) is 3.28. The fraction of sp³-hybridized carbons (Fsp3) is 0.238. The number of nitrogens with zero attached hydrogens (tertiary/aromatic N) is 4. The Balaban J connectivity index is 1.42. The summed E-state index contributed by atoms with van der Waals surface area (Å²) in [6, 6.07) is 9.02. The van der Waals surface area contributed by atoms with Crippen molar-refractivity contribution in [2.45, 2.75) is 19.0 Å². The summed E-state index contributed by atoms with van der Waals surface area (Å²) in [5, 5.41) is 11.4. The number of anilines is 2. The van der Waals surface area contributed by atoms with E-state index in [0.717, 1.165) is 16.0 Å². The van der Waals surface area contributed by atoms with E-state index in [-0.39, 0.29) is 18.8 Å². The molecular formula is C21H18FN5O5. The third-order valence-corrected chi connectivity index (χ3v) is 4.91. The van der Waals surface area contributed by atoms with Crippen LogP contribution in [0.15, 0.2) is 58.9 Å². The number of esters is 1. The number of hydrogen-bond donors (Lipinski definition) is 1. The Bertz CT molecular complexity index is 1120. The van der Waals surface area contributed by atoms with E-state index in [1.165, 1.54) is 42.5 Å². The smallest absolute Gasteiger partial charge is 0.338 e. The molecule has 0 saturated carbocycles. The highest BCUT2D eigenvalue weighted by Crippen LogP contribution is 2.32. The Kier molecular flexibility index (Phi) is 5.63. The molecule has 3 amide bonds. The number of nitrogens with one attached hydrogen (secondary N) is 1. The maximum atomic E-state index is 13.5. The fourth-order valence-corrected chi connectivity index (χ4v) is 3.48. The number of benzene rings is 2. The molecule has 1 N–H and O–H groups in total. The van der Waals surface area contributed by atoms with Gasteiger partial charge in [-0.3, -0.25) is 19.4 Å². The predicted octanol–water partition coefficient (Wildman–Crippen LogP) is 1.93. The molecule has 2 aromatic carbocycles. The number of halogens is 1. The molecule has 11 heteroatoms. The van der Waals surface area contributed by atoms with Gasteiger partial charge >= 0.3 is 5.97 Å². The zero-order valence-electron chi connectivity index (χ0n) is 16.9. The zero-order valence-corrected chi connectivity index (χ0v) is 16.9. The van der Waals surface area contributed by atoms with Crippen molar-refractivity contribution in [1.82, 2.24) is 5.01 Å². The summed E-state index contributed by atoms with van der Waals surface area (Å²) in [7, 11) is 0. The fourth-order valence-electron chi connectivity index (χ4n) is 3.48. The van der Waals surface area contributed by atoms with Crippen LogP contribution in [0.3, 0.4) is 0 Å². The first-order valence-corrected chi connectivity index (χ1v) is 9.77. The number of hydrogen-bond acceptors (Lipinski definition) is 8. The monoisotopic (exact) mass is 439 g/mol. The molecule has 2 aliphatic heterocycles. The highest BCUT2D eigenvalue weighted by atomic mass is 19.1. The van der Waals surface area contributed by atoms with Gasteiger partial charge < -0.3 is 10.1 Å². The van der Waals surface area contributed by atoms with Crippen LogP contribution in [0, 0.1) is 5.82 Å². The van der Waals surface area contributed by atoms with Crippen molar-refractivity contribution < 1.29 is 28.3 Å². The molecule has 10 nitrogen and oxygen atoms in total. The number of carbonyl (C=O) groups excluding carboxylic acids is 4. The SMILES string of the molecule is CCOC(=O)c1ccc(NC(=O)CN2N=N[C@H]3C(=O)N(c4cccc(F)c4)C(=O)[C@@H]32)cc1. The molecule has 32 heavy (non-hydrogen) atoms. The minimum Gasteiger partial charge on any atom is -0.462 e. The highest BCUT2D eigenvalue weighted by molar-refractivity contribution is 6.25. The number of fused-ring (bicyclic) bond motifs is 1. The van der Waals surface area contributed by atoms with Gasteiger partial charge in [0.15, 0.2) is 12.1 Å². The molecule has 0 bridgehead atoms. The number of rotatable bonds is 6. The molecule has 0 unspecified atom stereocenters. The average molecular weight is 439 g/mol. The summed E-state index contributed by atoms with van der Waals surface area (Å²) in [6.07, 6.45) is 0. The van der Waals surface area contributed by atoms with Crippen molar-refractivity contribution in [2.24, 2.45) is 10.3 Å². The van der Waals surface area contributed by atoms with E-state index in [2.05, 4.69) is 15.7 Å². The molecule has 2 aromatic rings. The van der Waals surface area contributed by atoms with E-state index in [4.69, 9.17) is 4.74 Å². The molecule has 164 valence electrons. The van der Waals surface area contributed by atoms with E-state index >= 15 is 0 Å². The van der Waals surface area contributed by atoms with Crippen molar-refractivity contribution in [3.63, 3.8) is 0 Å². The summed E-state index contributed by atoms with van der Waals surface area (Å²) in [5.41, 5.74) is 0.857. The summed E-state index contributed by atoms with van der Waals surface area (Å²) < 4.78 is 18.5. The number of amides is 3. The Morgan fingerprint density at radius 3 is 2.56 bits per heavy atom. The van der Waals surface area contributed by atoms with Crippen LogP contribution >= 0.6 is 0 Å². The third-order valence-electron chi connectivity index (χ3n) is 4.91. The number of ether oxygens (including phenoxy) is 1. The summed E-state index contributed by atoms with van der Waals surface area (Å²) in [4.78, 5) is 50.5. The van der Waals surface area contributed by atoms with Crippen molar-refractivity contribution >= 4 is 35.1 Å². The molecule has 2 heterocycles. The Morgan fingerprint density at radius 2 is 1.88 bits per heavy atom. The van der Waals surface area contributed by atoms with Crippen LogP contribution in [0.1, 0.15) is 17.3 Å². The van der Waals surface area contributed by atoms with Gasteiger partial charge in [-0.2, -0.15) is 5.11 Å². The highest BCUT2D eigenvalue weighted by Gasteiger charge is 2.55. The number of carbonyl (C=O) groups is 4. The van der Waals surface area contributed by atoms with Crippen LogP contribution in [0.4, 0.5) is 15.8 Å². The molecule has 0 spiro atoms. The second-order valence-corrected chi connectivity index (χ2v) is 7.03. The quantitative estimate of drug-likeness (QED) is 0.542. The normalized spacial score (nSPS) is 19.3. The third kappa shape index (κ3) is 3.92. The molecule has 2 aliphatic rings. The van der Waals surface area contributed by atoms with E-state index in [0.29, 0.717) is 11.3 Å². The van der Waals surface area contributed by atoms with E-state index in [1.54, 1.807) is 6.92 Å². The van der Waals surface area contributed by atoms with Gasteiger partial charge in [-0.25, -0.2) is 14.1 Å².